The van der Waals surface area contributed by atoms with Crippen LogP contribution in [0.3, 0.4) is 0 Å². The fourth-order valence-corrected chi connectivity index (χ4v) is 3.16. The van der Waals surface area contributed by atoms with Crippen molar-refractivity contribution in [3.8, 4) is 28.4 Å². The molecule has 0 aliphatic heterocycles. The number of hydrogen-bond acceptors (Lipinski definition) is 7. The van der Waals surface area contributed by atoms with Gasteiger partial charge in [-0.2, -0.15) is 4.98 Å². The number of phenols is 1. The molecule has 0 saturated heterocycles. The summed E-state index contributed by atoms with van der Waals surface area (Å²) in [5, 5.41) is 9.68. The zero-order valence-corrected chi connectivity index (χ0v) is 17.4. The van der Waals surface area contributed by atoms with E-state index in [0.717, 1.165) is 40.8 Å². The minimum Gasteiger partial charge on any atom is -0.508 e. The lowest BCUT2D eigenvalue weighted by atomic mass is 9.98. The molecule has 3 aromatic rings. The average Bonchev–Trinajstić information content (AvgIpc) is 2.71. The molecule has 0 saturated carbocycles. The molecule has 1 aromatic heterocycles. The number of anilines is 2. The molecule has 0 aliphatic rings. The van der Waals surface area contributed by atoms with Gasteiger partial charge < -0.3 is 26.0 Å². The Morgan fingerprint density at radius 2 is 1.70 bits per heavy atom. The second-order valence-corrected chi connectivity index (χ2v) is 6.96. The Hall–Kier alpha value is -3.48. The van der Waals surface area contributed by atoms with Gasteiger partial charge in [-0.05, 0) is 48.7 Å². The maximum atomic E-state index is 9.68. The van der Waals surface area contributed by atoms with Crippen LogP contribution in [0.15, 0.2) is 42.6 Å². The van der Waals surface area contributed by atoms with Crippen LogP contribution in [0.4, 0.5) is 11.8 Å². The van der Waals surface area contributed by atoms with Gasteiger partial charge in [-0.1, -0.05) is 25.5 Å². The molecule has 1 heterocycles. The van der Waals surface area contributed by atoms with Crippen molar-refractivity contribution >= 4 is 11.8 Å². The second-order valence-electron chi connectivity index (χ2n) is 6.96. The largest absolute Gasteiger partial charge is 0.508 e. The molecule has 0 atom stereocenters. The van der Waals surface area contributed by atoms with Crippen molar-refractivity contribution in [2.45, 2.75) is 33.1 Å². The highest BCUT2D eigenvalue weighted by atomic mass is 16.5. The van der Waals surface area contributed by atoms with Crippen molar-refractivity contribution in [3.05, 3.63) is 53.7 Å². The van der Waals surface area contributed by atoms with Crippen molar-refractivity contribution in [1.29, 1.82) is 0 Å². The third-order valence-corrected chi connectivity index (χ3v) is 4.65. The Bertz CT molecular complexity index is 990. The van der Waals surface area contributed by atoms with Crippen LogP contribution >= 0.6 is 0 Å². The van der Waals surface area contributed by atoms with Gasteiger partial charge in [0.2, 0.25) is 5.95 Å². The molecule has 0 unspecified atom stereocenters. The van der Waals surface area contributed by atoms with Gasteiger partial charge in [0.15, 0.2) is 0 Å². The normalized spacial score (nSPS) is 10.7. The molecule has 0 amide bonds. The number of aromatic hydroxyl groups is 1. The van der Waals surface area contributed by atoms with Crippen molar-refractivity contribution in [3.63, 3.8) is 0 Å². The number of hydrogen-bond donors (Lipinski definition) is 3. The van der Waals surface area contributed by atoms with Crippen LogP contribution in [-0.2, 0) is 6.42 Å². The third kappa shape index (κ3) is 5.11. The summed E-state index contributed by atoms with van der Waals surface area (Å²) in [4.78, 5) is 8.10. The molecule has 0 aliphatic carbocycles. The minimum absolute atomic E-state index is 0.150. The van der Waals surface area contributed by atoms with E-state index >= 15 is 0 Å². The van der Waals surface area contributed by atoms with E-state index in [4.69, 9.17) is 20.9 Å². The smallest absolute Gasteiger partial charge is 0.221 e. The fraction of sp³-hybridized carbons (Fsp3) is 0.304. The molecule has 2 aromatic carbocycles. The van der Waals surface area contributed by atoms with Crippen LogP contribution in [0.2, 0.25) is 0 Å². The van der Waals surface area contributed by atoms with Crippen LogP contribution in [-0.4, -0.2) is 28.3 Å². The van der Waals surface area contributed by atoms with Gasteiger partial charge in [0.05, 0.1) is 18.8 Å². The van der Waals surface area contributed by atoms with Crippen LogP contribution in [0.1, 0.15) is 37.8 Å². The van der Waals surface area contributed by atoms with Gasteiger partial charge in [-0.15, -0.1) is 0 Å². The molecule has 158 valence electrons. The quantitative estimate of drug-likeness (QED) is 0.455. The standard InChI is InChI=1S/C23H28N4O3/c1-3-5-10-30-20-13-15(11-17-14-26-23(25)27-22(17)24)12-19(29-4-2)21(20)16-6-8-18(28)9-7-16/h6-9,12-14,28H,3-5,10-11H2,1-2H3,(H4,24,25,26,27). The monoisotopic (exact) mass is 408 g/mol. The molecular formula is C23H28N4O3. The van der Waals surface area contributed by atoms with E-state index in [2.05, 4.69) is 16.9 Å². The second kappa shape index (κ2) is 9.82. The maximum absolute atomic E-state index is 9.68. The van der Waals surface area contributed by atoms with E-state index in [0.29, 0.717) is 31.2 Å². The SMILES string of the molecule is CCCCOc1cc(Cc2cnc(N)nc2N)cc(OCC)c1-c1ccc(O)cc1. The Kier molecular flexibility index (Phi) is 6.95. The first-order chi connectivity index (χ1) is 14.5. The van der Waals surface area contributed by atoms with E-state index in [1.54, 1.807) is 18.3 Å². The minimum atomic E-state index is 0.150. The summed E-state index contributed by atoms with van der Waals surface area (Å²) >= 11 is 0. The van der Waals surface area contributed by atoms with Crippen LogP contribution < -0.4 is 20.9 Å². The van der Waals surface area contributed by atoms with Gasteiger partial charge in [0.1, 0.15) is 23.1 Å². The van der Waals surface area contributed by atoms with Crippen molar-refractivity contribution < 1.29 is 14.6 Å². The first-order valence-corrected chi connectivity index (χ1v) is 10.1. The van der Waals surface area contributed by atoms with Crippen LogP contribution in [0.5, 0.6) is 17.2 Å². The number of ether oxygens (including phenoxy) is 2. The number of aromatic nitrogens is 2. The first-order valence-electron chi connectivity index (χ1n) is 10.1. The van der Waals surface area contributed by atoms with Crippen molar-refractivity contribution in [2.75, 3.05) is 24.7 Å². The molecule has 0 bridgehead atoms. The van der Waals surface area contributed by atoms with Gasteiger partial charge >= 0.3 is 0 Å². The number of nitrogens with zero attached hydrogens (tertiary/aromatic N) is 2. The van der Waals surface area contributed by atoms with Gasteiger partial charge in [0.25, 0.3) is 0 Å². The molecule has 7 nitrogen and oxygen atoms in total. The summed E-state index contributed by atoms with van der Waals surface area (Å²) in [6.07, 6.45) is 4.14. The number of benzene rings is 2. The summed E-state index contributed by atoms with van der Waals surface area (Å²) in [5.41, 5.74) is 15.1. The highest BCUT2D eigenvalue weighted by Crippen LogP contribution is 2.41. The molecule has 0 radical (unpaired) electrons. The molecule has 30 heavy (non-hydrogen) atoms. The Morgan fingerprint density at radius 3 is 2.33 bits per heavy atom. The highest BCUT2D eigenvalue weighted by Gasteiger charge is 2.17. The van der Waals surface area contributed by atoms with E-state index in [1.165, 1.54) is 0 Å². The number of phenolic OH excluding ortho intramolecular Hbond substituents is 1. The molecule has 7 heteroatoms. The molecule has 3 rings (SSSR count). The number of nitrogens with two attached hydrogens (primary N) is 2. The van der Waals surface area contributed by atoms with Crippen molar-refractivity contribution in [1.82, 2.24) is 9.97 Å². The Labute approximate surface area is 176 Å². The number of unbranched alkanes of at least 4 members (excludes halogenated alkanes) is 1. The number of nitrogen functional groups attached to an aromatic ring is 2. The lowest BCUT2D eigenvalue weighted by Gasteiger charge is -2.18. The van der Waals surface area contributed by atoms with E-state index in [-0.39, 0.29) is 11.7 Å². The van der Waals surface area contributed by atoms with Crippen LogP contribution in [0.25, 0.3) is 11.1 Å². The lowest BCUT2D eigenvalue weighted by Crippen LogP contribution is -2.06. The zero-order valence-electron chi connectivity index (χ0n) is 17.4. The average molecular weight is 409 g/mol. The fourth-order valence-electron chi connectivity index (χ4n) is 3.16. The zero-order chi connectivity index (χ0) is 21.5. The summed E-state index contributed by atoms with van der Waals surface area (Å²) in [6, 6.07) is 11.0. The highest BCUT2D eigenvalue weighted by molar-refractivity contribution is 5.78. The van der Waals surface area contributed by atoms with Gasteiger partial charge in [0, 0.05) is 18.2 Å². The lowest BCUT2D eigenvalue weighted by molar-refractivity contribution is 0.304. The van der Waals surface area contributed by atoms with Gasteiger partial charge in [-0.3, -0.25) is 0 Å². The number of rotatable bonds is 9. The summed E-state index contributed by atoms with van der Waals surface area (Å²) in [6.45, 7) is 5.17. The first kappa shape index (κ1) is 21.2. The van der Waals surface area contributed by atoms with Crippen LogP contribution in [0, 0.1) is 0 Å². The van der Waals surface area contributed by atoms with E-state index < -0.39 is 0 Å². The molecule has 0 fully saturated rings. The van der Waals surface area contributed by atoms with E-state index in [9.17, 15) is 5.11 Å². The predicted molar refractivity (Wildman–Crippen MR) is 119 cm³/mol. The molecule has 5 N–H and O–H groups in total. The molecular weight excluding hydrogens is 380 g/mol. The summed E-state index contributed by atoms with van der Waals surface area (Å²) in [5.74, 6) is 2.15. The van der Waals surface area contributed by atoms with Crippen molar-refractivity contribution in [2.24, 2.45) is 0 Å². The molecule has 0 spiro atoms. The van der Waals surface area contributed by atoms with Gasteiger partial charge in [-0.25, -0.2) is 4.98 Å². The Morgan fingerprint density at radius 1 is 1.00 bits per heavy atom. The maximum Gasteiger partial charge on any atom is 0.221 e. The summed E-state index contributed by atoms with van der Waals surface area (Å²) < 4.78 is 12.1. The predicted octanol–water partition coefficient (Wildman–Crippen LogP) is 4.18. The Balaban J connectivity index is 2.06. The van der Waals surface area contributed by atoms with E-state index in [1.807, 2.05) is 31.2 Å². The third-order valence-electron chi connectivity index (χ3n) is 4.65. The summed E-state index contributed by atoms with van der Waals surface area (Å²) in [7, 11) is 0. The topological polar surface area (TPSA) is 117 Å².